The Morgan fingerprint density at radius 1 is 0.857 bits per heavy atom. The Morgan fingerprint density at radius 2 is 1.50 bits per heavy atom. The molecule has 0 unspecified atom stereocenters. The highest BCUT2D eigenvalue weighted by Crippen LogP contribution is 2.35. The average Bonchev–Trinajstić information content (AvgIpc) is 2.71. The van der Waals surface area contributed by atoms with Gasteiger partial charge in [-0.25, -0.2) is 0 Å². The maximum Gasteiger partial charge on any atom is 0.194 e. The van der Waals surface area contributed by atoms with Gasteiger partial charge in [0, 0.05) is 47.1 Å². The van der Waals surface area contributed by atoms with Crippen LogP contribution in [-0.2, 0) is 0 Å². The van der Waals surface area contributed by atoms with Crippen molar-refractivity contribution in [3.8, 4) is 5.75 Å². The van der Waals surface area contributed by atoms with Crippen molar-refractivity contribution < 1.29 is 14.7 Å². The van der Waals surface area contributed by atoms with Gasteiger partial charge in [0.15, 0.2) is 11.6 Å². The van der Waals surface area contributed by atoms with E-state index in [1.807, 2.05) is 6.07 Å². The van der Waals surface area contributed by atoms with E-state index >= 15 is 0 Å². The van der Waals surface area contributed by atoms with Gasteiger partial charge >= 0.3 is 0 Å². The molecular formula is C24H27NO3. The molecule has 0 spiro atoms. The predicted octanol–water partition coefficient (Wildman–Crippen LogP) is 5.26. The number of carbonyl (C=O) groups is 2. The van der Waals surface area contributed by atoms with Crippen molar-refractivity contribution in [1.29, 1.82) is 0 Å². The molecule has 0 bridgehead atoms. The largest absolute Gasteiger partial charge is 0.507 e. The molecule has 0 amide bonds. The van der Waals surface area contributed by atoms with Gasteiger partial charge in [0.25, 0.3) is 0 Å². The van der Waals surface area contributed by atoms with Gasteiger partial charge in [-0.2, -0.15) is 0 Å². The fourth-order valence-electron chi connectivity index (χ4n) is 3.53. The number of nitrogens with zero attached hydrogens (tertiary/aromatic N) is 1. The van der Waals surface area contributed by atoms with Crippen LogP contribution in [0.1, 0.15) is 65.8 Å². The molecule has 2 aromatic carbocycles. The maximum atomic E-state index is 12.9. The zero-order chi connectivity index (χ0) is 20.1. The van der Waals surface area contributed by atoms with E-state index < -0.39 is 0 Å². The van der Waals surface area contributed by atoms with E-state index in [9.17, 15) is 14.7 Å². The number of anilines is 1. The SMILES string of the molecule is CCCCN(CCCC)c1ccc(C2=CC(=O)c3ccccc3C2=O)c(O)c1. The molecule has 2 aromatic rings. The molecule has 4 nitrogen and oxygen atoms in total. The lowest BCUT2D eigenvalue weighted by Crippen LogP contribution is -2.25. The lowest BCUT2D eigenvalue weighted by atomic mass is 9.86. The zero-order valence-electron chi connectivity index (χ0n) is 16.6. The highest BCUT2D eigenvalue weighted by molar-refractivity contribution is 6.39. The second-order valence-electron chi connectivity index (χ2n) is 7.19. The smallest absolute Gasteiger partial charge is 0.194 e. The van der Waals surface area contributed by atoms with Crippen LogP contribution in [-0.4, -0.2) is 29.8 Å². The van der Waals surface area contributed by atoms with Crippen LogP contribution in [0.3, 0.4) is 0 Å². The summed E-state index contributed by atoms with van der Waals surface area (Å²) in [5.74, 6) is -0.407. The summed E-state index contributed by atoms with van der Waals surface area (Å²) in [4.78, 5) is 27.6. The molecule has 0 aromatic heterocycles. The van der Waals surface area contributed by atoms with Crippen molar-refractivity contribution in [2.45, 2.75) is 39.5 Å². The molecule has 1 aliphatic rings. The van der Waals surface area contributed by atoms with Crippen molar-refractivity contribution in [3.05, 3.63) is 65.2 Å². The summed E-state index contributed by atoms with van der Waals surface area (Å²) in [7, 11) is 0. The summed E-state index contributed by atoms with van der Waals surface area (Å²) in [6, 6.07) is 12.2. The molecule has 0 radical (unpaired) electrons. The highest BCUT2D eigenvalue weighted by atomic mass is 16.3. The minimum atomic E-state index is -0.230. The van der Waals surface area contributed by atoms with Gasteiger partial charge in [-0.3, -0.25) is 9.59 Å². The third-order valence-corrected chi connectivity index (χ3v) is 5.16. The number of hydrogen-bond acceptors (Lipinski definition) is 4. The van der Waals surface area contributed by atoms with E-state index in [0.29, 0.717) is 16.7 Å². The summed E-state index contributed by atoms with van der Waals surface area (Å²) >= 11 is 0. The normalized spacial score (nSPS) is 13.3. The number of aromatic hydroxyl groups is 1. The summed E-state index contributed by atoms with van der Waals surface area (Å²) in [5, 5.41) is 10.7. The van der Waals surface area contributed by atoms with E-state index in [-0.39, 0.29) is 22.9 Å². The van der Waals surface area contributed by atoms with E-state index in [4.69, 9.17) is 0 Å². The van der Waals surface area contributed by atoms with Crippen LogP contribution in [0.2, 0.25) is 0 Å². The molecule has 4 heteroatoms. The lowest BCUT2D eigenvalue weighted by molar-refractivity contribution is 0.100. The zero-order valence-corrected chi connectivity index (χ0v) is 16.6. The number of hydrogen-bond donors (Lipinski definition) is 1. The fourth-order valence-corrected chi connectivity index (χ4v) is 3.53. The molecule has 1 N–H and O–H groups in total. The number of rotatable bonds is 8. The number of benzene rings is 2. The Balaban J connectivity index is 1.92. The Morgan fingerprint density at radius 3 is 2.11 bits per heavy atom. The van der Waals surface area contributed by atoms with Crippen molar-refractivity contribution in [3.63, 3.8) is 0 Å². The maximum absolute atomic E-state index is 12.9. The lowest BCUT2D eigenvalue weighted by Gasteiger charge is -2.25. The van der Waals surface area contributed by atoms with E-state index in [2.05, 4.69) is 18.7 Å². The van der Waals surface area contributed by atoms with Crippen LogP contribution in [0.4, 0.5) is 5.69 Å². The van der Waals surface area contributed by atoms with Crippen molar-refractivity contribution in [2.24, 2.45) is 0 Å². The van der Waals surface area contributed by atoms with Crippen LogP contribution < -0.4 is 4.90 Å². The monoisotopic (exact) mass is 377 g/mol. The first-order valence-corrected chi connectivity index (χ1v) is 10.0. The van der Waals surface area contributed by atoms with E-state index in [1.165, 1.54) is 6.08 Å². The Bertz CT molecular complexity index is 906. The van der Waals surface area contributed by atoms with E-state index in [1.54, 1.807) is 36.4 Å². The first-order valence-electron chi connectivity index (χ1n) is 10.0. The third-order valence-electron chi connectivity index (χ3n) is 5.16. The number of carbonyl (C=O) groups excluding carboxylic acids is 2. The predicted molar refractivity (Wildman–Crippen MR) is 113 cm³/mol. The molecule has 0 saturated heterocycles. The van der Waals surface area contributed by atoms with Crippen LogP contribution >= 0.6 is 0 Å². The Kier molecular flexibility index (Phi) is 6.30. The molecule has 0 aliphatic heterocycles. The highest BCUT2D eigenvalue weighted by Gasteiger charge is 2.27. The number of ketones is 2. The average molecular weight is 377 g/mol. The van der Waals surface area contributed by atoms with Gasteiger partial charge < -0.3 is 10.0 Å². The molecule has 1 aliphatic carbocycles. The topological polar surface area (TPSA) is 57.6 Å². The molecule has 3 rings (SSSR count). The molecule has 0 fully saturated rings. The molecular weight excluding hydrogens is 350 g/mol. The standard InChI is InChI=1S/C24H27NO3/c1-3-5-13-25(14-6-4-2)17-11-12-19(22(26)15-17)21-16-23(27)18-9-7-8-10-20(18)24(21)28/h7-12,15-16,26H,3-6,13-14H2,1-2H3. The number of allylic oxidation sites excluding steroid dienone is 2. The first kappa shape index (κ1) is 19.9. The minimum absolute atomic E-state index is 0.0299. The van der Waals surface area contributed by atoms with Gasteiger partial charge in [0.05, 0.1) is 0 Å². The minimum Gasteiger partial charge on any atom is -0.507 e. The first-order chi connectivity index (χ1) is 13.6. The molecule has 28 heavy (non-hydrogen) atoms. The number of fused-ring (bicyclic) bond motifs is 1. The second kappa shape index (κ2) is 8.87. The molecule has 0 saturated carbocycles. The van der Waals surface area contributed by atoms with Gasteiger partial charge in [0.2, 0.25) is 0 Å². The number of unbranched alkanes of at least 4 members (excludes halogenated alkanes) is 2. The number of phenols is 1. The van der Waals surface area contributed by atoms with Crippen LogP contribution in [0, 0.1) is 0 Å². The Labute approximate surface area is 166 Å². The number of Topliss-reactive ketones (excluding diaryl/α,β-unsaturated/α-hetero) is 1. The quantitative estimate of drug-likeness (QED) is 0.681. The van der Waals surface area contributed by atoms with Crippen molar-refractivity contribution >= 4 is 22.8 Å². The summed E-state index contributed by atoms with van der Waals surface area (Å²) in [6.45, 7) is 6.19. The summed E-state index contributed by atoms with van der Waals surface area (Å²) < 4.78 is 0. The fraction of sp³-hybridized carbons (Fsp3) is 0.333. The number of phenolic OH excluding ortho intramolecular Hbond substituents is 1. The molecule has 146 valence electrons. The van der Waals surface area contributed by atoms with E-state index in [0.717, 1.165) is 44.5 Å². The van der Waals surface area contributed by atoms with Crippen molar-refractivity contribution in [1.82, 2.24) is 0 Å². The van der Waals surface area contributed by atoms with Gasteiger partial charge in [-0.1, -0.05) is 51.0 Å². The Hall–Kier alpha value is -2.88. The van der Waals surface area contributed by atoms with Crippen LogP contribution in [0.25, 0.3) is 5.57 Å². The molecule has 0 atom stereocenters. The third kappa shape index (κ3) is 4.01. The molecule has 0 heterocycles. The second-order valence-corrected chi connectivity index (χ2v) is 7.19. The summed E-state index contributed by atoms with van der Waals surface area (Å²) in [6.07, 6.45) is 5.72. The van der Waals surface area contributed by atoms with Gasteiger partial charge in [-0.05, 0) is 31.1 Å². The van der Waals surface area contributed by atoms with Crippen molar-refractivity contribution in [2.75, 3.05) is 18.0 Å². The summed E-state index contributed by atoms with van der Waals surface area (Å²) in [5.41, 5.74) is 2.40. The van der Waals surface area contributed by atoms with Gasteiger partial charge in [-0.15, -0.1) is 0 Å². The van der Waals surface area contributed by atoms with Crippen LogP contribution in [0.5, 0.6) is 5.75 Å². The van der Waals surface area contributed by atoms with Crippen LogP contribution in [0.15, 0.2) is 48.5 Å². The van der Waals surface area contributed by atoms with Gasteiger partial charge in [0.1, 0.15) is 5.75 Å².